The molecule has 0 atom stereocenters. The fourth-order valence-electron chi connectivity index (χ4n) is 1.42. The fraction of sp³-hybridized carbons (Fsp3) is 0.100. The van der Waals surface area contributed by atoms with Crippen LogP contribution in [0.25, 0.3) is 0 Å². The zero-order valence-corrected chi connectivity index (χ0v) is 9.44. The van der Waals surface area contributed by atoms with E-state index in [1.807, 2.05) is 0 Å². The number of benzene rings is 1. The van der Waals surface area contributed by atoms with Crippen LogP contribution in [0.3, 0.4) is 0 Å². The van der Waals surface area contributed by atoms with Crippen molar-refractivity contribution in [3.05, 3.63) is 51.6 Å². The number of nitrogens with one attached hydrogen (secondary N) is 2. The molecule has 2 aromatic rings. The Balaban J connectivity index is 2.21. The Morgan fingerprint density at radius 3 is 3.00 bits per heavy atom. The Labute approximate surface area is 102 Å². The van der Waals surface area contributed by atoms with Crippen LogP contribution in [0.15, 0.2) is 30.6 Å². The highest BCUT2D eigenvalue weighted by atomic mass is 35.5. The summed E-state index contributed by atoms with van der Waals surface area (Å²) in [6.45, 7) is 0.369. The van der Waals surface area contributed by atoms with Crippen molar-refractivity contribution in [1.29, 1.82) is 0 Å². The molecule has 0 fully saturated rings. The third kappa shape index (κ3) is 2.54. The molecule has 0 radical (unpaired) electrons. The molecule has 17 heavy (non-hydrogen) atoms. The summed E-state index contributed by atoms with van der Waals surface area (Å²) >= 11 is 5.78. The highest BCUT2D eigenvalue weighted by Gasteiger charge is 2.17. The highest BCUT2D eigenvalue weighted by Crippen LogP contribution is 2.32. The van der Waals surface area contributed by atoms with Crippen LogP contribution in [0.2, 0.25) is 5.02 Å². The number of nitro groups is 1. The molecule has 0 saturated carbocycles. The van der Waals surface area contributed by atoms with Crippen LogP contribution in [-0.4, -0.2) is 14.9 Å². The summed E-state index contributed by atoms with van der Waals surface area (Å²) in [6.07, 6.45) is 3.30. The normalized spacial score (nSPS) is 10.2. The molecule has 0 spiro atoms. The second-order valence-electron chi connectivity index (χ2n) is 3.28. The average Bonchev–Trinajstić information content (AvgIpc) is 2.78. The van der Waals surface area contributed by atoms with E-state index in [2.05, 4.69) is 15.3 Å². The maximum atomic E-state index is 10.9. The number of halogens is 1. The molecule has 0 saturated heterocycles. The van der Waals surface area contributed by atoms with Gasteiger partial charge in [-0.3, -0.25) is 10.1 Å². The number of hydrogen-bond donors (Lipinski definition) is 2. The number of aromatic amines is 1. The third-order valence-corrected chi connectivity index (χ3v) is 2.48. The molecule has 88 valence electrons. The first-order chi connectivity index (χ1) is 8.18. The lowest BCUT2D eigenvalue weighted by atomic mass is 10.2. The largest absolute Gasteiger partial charge is 0.372 e. The minimum absolute atomic E-state index is 0.111. The first-order valence-corrected chi connectivity index (χ1v) is 5.21. The van der Waals surface area contributed by atoms with Crippen LogP contribution in [0.1, 0.15) is 5.82 Å². The Kier molecular flexibility index (Phi) is 3.24. The predicted octanol–water partition coefficient (Wildman–Crippen LogP) is 2.58. The summed E-state index contributed by atoms with van der Waals surface area (Å²) in [5, 5.41) is 13.9. The number of H-pyrrole nitrogens is 1. The minimum Gasteiger partial charge on any atom is -0.372 e. The quantitative estimate of drug-likeness (QED) is 0.647. The van der Waals surface area contributed by atoms with E-state index < -0.39 is 4.92 Å². The minimum atomic E-state index is -0.507. The van der Waals surface area contributed by atoms with Gasteiger partial charge in [-0.25, -0.2) is 4.98 Å². The summed E-state index contributed by atoms with van der Waals surface area (Å²) < 4.78 is 0. The molecular weight excluding hydrogens is 244 g/mol. The molecular formula is C10H9ClN4O2. The van der Waals surface area contributed by atoms with Gasteiger partial charge in [-0.1, -0.05) is 17.7 Å². The first kappa shape index (κ1) is 11.4. The summed E-state index contributed by atoms with van der Waals surface area (Å²) in [7, 11) is 0. The van der Waals surface area contributed by atoms with E-state index in [0.29, 0.717) is 18.1 Å². The van der Waals surface area contributed by atoms with Crippen LogP contribution >= 0.6 is 11.6 Å². The number of anilines is 1. The number of imidazole rings is 1. The lowest BCUT2D eigenvalue weighted by molar-refractivity contribution is -0.383. The van der Waals surface area contributed by atoms with Crippen molar-refractivity contribution < 1.29 is 4.92 Å². The Bertz CT molecular complexity index is 527. The van der Waals surface area contributed by atoms with Gasteiger partial charge in [0.1, 0.15) is 16.5 Å². The molecule has 2 rings (SSSR count). The van der Waals surface area contributed by atoms with Gasteiger partial charge in [0, 0.05) is 12.4 Å². The zero-order valence-electron chi connectivity index (χ0n) is 8.68. The maximum absolute atomic E-state index is 10.9. The summed E-state index contributed by atoms with van der Waals surface area (Å²) in [5.74, 6) is 0.694. The van der Waals surface area contributed by atoms with Gasteiger partial charge in [0.05, 0.1) is 11.5 Å². The van der Waals surface area contributed by atoms with E-state index in [0.717, 1.165) is 0 Å². The number of nitrogens with zero attached hydrogens (tertiary/aromatic N) is 2. The van der Waals surface area contributed by atoms with Gasteiger partial charge >= 0.3 is 5.69 Å². The lowest BCUT2D eigenvalue weighted by Crippen LogP contribution is -2.04. The van der Waals surface area contributed by atoms with Crippen molar-refractivity contribution in [3.8, 4) is 0 Å². The van der Waals surface area contributed by atoms with E-state index in [-0.39, 0.29) is 10.7 Å². The van der Waals surface area contributed by atoms with Gasteiger partial charge in [-0.2, -0.15) is 0 Å². The van der Waals surface area contributed by atoms with Gasteiger partial charge in [-0.05, 0) is 12.1 Å². The summed E-state index contributed by atoms with van der Waals surface area (Å²) in [6, 6.07) is 4.74. The van der Waals surface area contributed by atoms with Crippen molar-refractivity contribution in [3.63, 3.8) is 0 Å². The van der Waals surface area contributed by atoms with E-state index in [1.54, 1.807) is 24.5 Å². The number of para-hydroxylation sites is 1. The van der Waals surface area contributed by atoms with Gasteiger partial charge in [-0.15, -0.1) is 0 Å². The molecule has 1 aromatic heterocycles. The van der Waals surface area contributed by atoms with Gasteiger partial charge in [0.25, 0.3) is 0 Å². The second kappa shape index (κ2) is 4.84. The van der Waals surface area contributed by atoms with Gasteiger partial charge in [0.15, 0.2) is 0 Å². The van der Waals surface area contributed by atoms with Crippen LogP contribution in [0, 0.1) is 10.1 Å². The maximum Gasteiger partial charge on any atom is 0.310 e. The van der Waals surface area contributed by atoms with Gasteiger partial charge in [0.2, 0.25) is 0 Å². The molecule has 1 heterocycles. The number of nitro benzene ring substituents is 1. The van der Waals surface area contributed by atoms with Crippen molar-refractivity contribution >= 4 is 23.0 Å². The van der Waals surface area contributed by atoms with Crippen LogP contribution in [0.4, 0.5) is 11.4 Å². The Hall–Kier alpha value is -2.08. The van der Waals surface area contributed by atoms with Crippen molar-refractivity contribution in [1.82, 2.24) is 9.97 Å². The summed E-state index contributed by atoms with van der Waals surface area (Å²) in [5.41, 5.74) is 0.250. The number of aromatic nitrogens is 2. The molecule has 0 aliphatic rings. The Morgan fingerprint density at radius 1 is 1.53 bits per heavy atom. The molecule has 0 aliphatic heterocycles. The van der Waals surface area contributed by atoms with E-state index in [9.17, 15) is 10.1 Å². The van der Waals surface area contributed by atoms with E-state index in [4.69, 9.17) is 11.6 Å². The Morgan fingerprint density at radius 2 is 2.35 bits per heavy atom. The molecule has 0 amide bonds. The van der Waals surface area contributed by atoms with Crippen molar-refractivity contribution in [2.45, 2.75) is 6.54 Å². The first-order valence-electron chi connectivity index (χ1n) is 4.83. The third-order valence-electron chi connectivity index (χ3n) is 2.17. The monoisotopic (exact) mass is 252 g/mol. The van der Waals surface area contributed by atoms with Gasteiger partial charge < -0.3 is 10.3 Å². The molecule has 0 bridgehead atoms. The van der Waals surface area contributed by atoms with Crippen LogP contribution in [0.5, 0.6) is 0 Å². The topological polar surface area (TPSA) is 83.8 Å². The van der Waals surface area contributed by atoms with Crippen molar-refractivity contribution in [2.24, 2.45) is 0 Å². The molecule has 2 N–H and O–H groups in total. The fourth-order valence-corrected chi connectivity index (χ4v) is 1.66. The molecule has 0 aliphatic carbocycles. The molecule has 0 unspecified atom stereocenters. The number of hydrogen-bond acceptors (Lipinski definition) is 4. The van der Waals surface area contributed by atoms with E-state index in [1.165, 1.54) is 6.07 Å². The SMILES string of the molecule is O=[N+]([O-])c1c(Cl)cccc1NCc1ncc[nH]1. The van der Waals surface area contributed by atoms with Crippen LogP contribution in [-0.2, 0) is 6.54 Å². The average molecular weight is 253 g/mol. The molecule has 1 aromatic carbocycles. The summed E-state index contributed by atoms with van der Waals surface area (Å²) in [4.78, 5) is 17.3. The second-order valence-corrected chi connectivity index (χ2v) is 3.69. The van der Waals surface area contributed by atoms with E-state index >= 15 is 0 Å². The number of rotatable bonds is 4. The molecule has 7 heteroatoms. The van der Waals surface area contributed by atoms with Crippen LogP contribution < -0.4 is 5.32 Å². The highest BCUT2D eigenvalue weighted by molar-refractivity contribution is 6.33. The predicted molar refractivity (Wildman–Crippen MR) is 64.0 cm³/mol. The zero-order chi connectivity index (χ0) is 12.3. The smallest absolute Gasteiger partial charge is 0.310 e. The standard InChI is InChI=1S/C10H9ClN4O2/c11-7-2-1-3-8(10(7)15(16)17)14-6-9-12-4-5-13-9/h1-5,14H,6H2,(H,12,13). The molecule has 6 nitrogen and oxygen atoms in total. The van der Waals surface area contributed by atoms with Crippen molar-refractivity contribution in [2.75, 3.05) is 5.32 Å². The lowest BCUT2D eigenvalue weighted by Gasteiger charge is -2.06.